The highest BCUT2D eigenvalue weighted by molar-refractivity contribution is 6.31. The normalized spacial score (nSPS) is 11.9. The fourth-order valence-corrected chi connectivity index (χ4v) is 2.76. The Balaban J connectivity index is 1.93. The van der Waals surface area contributed by atoms with Crippen LogP contribution in [-0.4, -0.2) is 10.9 Å². The number of aryl methyl sites for hydroxylation is 1. The molecule has 0 radical (unpaired) electrons. The van der Waals surface area contributed by atoms with Gasteiger partial charge in [-0.2, -0.15) is 0 Å². The zero-order valence-electron chi connectivity index (χ0n) is 13.5. The number of hydrogen-bond donors (Lipinski definition) is 1. The lowest BCUT2D eigenvalue weighted by Gasteiger charge is -2.19. The van der Waals surface area contributed by atoms with Gasteiger partial charge in [-0.3, -0.25) is 9.78 Å². The molecule has 1 aromatic heterocycles. The van der Waals surface area contributed by atoms with E-state index in [1.807, 2.05) is 42.6 Å². The number of carbonyl (C=O) groups is 1. The molecule has 0 aliphatic carbocycles. The average Bonchev–Trinajstić information content (AvgIpc) is 2.58. The van der Waals surface area contributed by atoms with E-state index >= 15 is 0 Å². The van der Waals surface area contributed by atoms with Crippen LogP contribution in [-0.2, 0) is 11.2 Å². The van der Waals surface area contributed by atoms with Gasteiger partial charge in [-0.25, -0.2) is 0 Å². The standard InChI is InChI=1S/C19H23ClN2O/c1-2-3-10-18(16-8-6-13-21-14-16)22-19(23)12-11-15-7-4-5-9-17(15)20/h4-9,13-14,18H,2-3,10-12H2,1H3,(H,22,23)/t18-/m1/s1. The molecule has 0 saturated carbocycles. The molecule has 0 unspecified atom stereocenters. The maximum absolute atomic E-state index is 12.3. The first-order valence-corrected chi connectivity index (χ1v) is 8.51. The van der Waals surface area contributed by atoms with Crippen molar-refractivity contribution in [3.63, 3.8) is 0 Å². The summed E-state index contributed by atoms with van der Waals surface area (Å²) in [5.41, 5.74) is 2.07. The number of nitrogens with zero attached hydrogens (tertiary/aromatic N) is 1. The minimum Gasteiger partial charge on any atom is -0.349 e. The number of aromatic nitrogens is 1. The molecule has 0 aliphatic heterocycles. The summed E-state index contributed by atoms with van der Waals surface area (Å²) in [6.45, 7) is 2.15. The lowest BCUT2D eigenvalue weighted by atomic mass is 10.0. The second-order valence-corrected chi connectivity index (χ2v) is 6.05. The molecule has 0 fully saturated rings. The van der Waals surface area contributed by atoms with Gasteiger partial charge < -0.3 is 5.32 Å². The number of pyridine rings is 1. The molecule has 1 aromatic carbocycles. The van der Waals surface area contributed by atoms with E-state index in [0.717, 1.165) is 35.4 Å². The van der Waals surface area contributed by atoms with Gasteiger partial charge in [0.2, 0.25) is 5.91 Å². The third kappa shape index (κ3) is 5.68. The molecule has 2 aromatic rings. The first-order chi connectivity index (χ1) is 11.2. The van der Waals surface area contributed by atoms with E-state index in [1.165, 1.54) is 0 Å². The van der Waals surface area contributed by atoms with Crippen molar-refractivity contribution >= 4 is 17.5 Å². The molecule has 23 heavy (non-hydrogen) atoms. The van der Waals surface area contributed by atoms with Crippen molar-refractivity contribution < 1.29 is 4.79 Å². The van der Waals surface area contributed by atoms with Crippen molar-refractivity contribution in [2.24, 2.45) is 0 Å². The Bertz CT molecular complexity index is 616. The summed E-state index contributed by atoms with van der Waals surface area (Å²) >= 11 is 6.14. The first kappa shape index (κ1) is 17.5. The van der Waals surface area contributed by atoms with E-state index < -0.39 is 0 Å². The van der Waals surface area contributed by atoms with Crippen LogP contribution >= 0.6 is 11.6 Å². The van der Waals surface area contributed by atoms with Crippen molar-refractivity contribution in [2.75, 3.05) is 0 Å². The van der Waals surface area contributed by atoms with Crippen molar-refractivity contribution in [2.45, 2.75) is 45.1 Å². The predicted octanol–water partition coefficient (Wildman–Crippen LogP) is 4.72. The molecule has 2 rings (SSSR count). The predicted molar refractivity (Wildman–Crippen MR) is 94.4 cm³/mol. The Morgan fingerprint density at radius 3 is 2.78 bits per heavy atom. The van der Waals surface area contributed by atoms with Gasteiger partial charge in [-0.1, -0.05) is 55.6 Å². The lowest BCUT2D eigenvalue weighted by molar-refractivity contribution is -0.121. The second-order valence-electron chi connectivity index (χ2n) is 5.64. The SMILES string of the molecule is CCCC[C@@H](NC(=O)CCc1ccccc1Cl)c1cccnc1. The number of benzene rings is 1. The van der Waals surface area contributed by atoms with Gasteiger partial charge in [0.05, 0.1) is 6.04 Å². The average molecular weight is 331 g/mol. The Morgan fingerprint density at radius 2 is 2.09 bits per heavy atom. The highest BCUT2D eigenvalue weighted by Gasteiger charge is 2.14. The molecule has 1 atom stereocenters. The van der Waals surface area contributed by atoms with Gasteiger partial charge in [-0.15, -0.1) is 0 Å². The molecule has 0 saturated heterocycles. The monoisotopic (exact) mass is 330 g/mol. The number of hydrogen-bond acceptors (Lipinski definition) is 2. The van der Waals surface area contributed by atoms with Crippen LogP contribution in [0.4, 0.5) is 0 Å². The van der Waals surface area contributed by atoms with E-state index in [-0.39, 0.29) is 11.9 Å². The molecule has 0 spiro atoms. The van der Waals surface area contributed by atoms with Crippen molar-refractivity contribution in [1.82, 2.24) is 10.3 Å². The second kappa shape index (κ2) is 9.31. The lowest BCUT2D eigenvalue weighted by Crippen LogP contribution is -2.28. The maximum atomic E-state index is 12.3. The van der Waals surface area contributed by atoms with Gasteiger partial charge in [0.15, 0.2) is 0 Å². The van der Waals surface area contributed by atoms with Gasteiger partial charge in [-0.05, 0) is 36.1 Å². The number of rotatable bonds is 8. The molecular weight excluding hydrogens is 308 g/mol. The van der Waals surface area contributed by atoms with E-state index in [4.69, 9.17) is 11.6 Å². The van der Waals surface area contributed by atoms with Crippen LogP contribution in [0.5, 0.6) is 0 Å². The summed E-state index contributed by atoms with van der Waals surface area (Å²) in [5, 5.41) is 3.85. The Hall–Kier alpha value is -1.87. The molecule has 1 amide bonds. The molecule has 3 nitrogen and oxygen atoms in total. The zero-order valence-corrected chi connectivity index (χ0v) is 14.2. The zero-order chi connectivity index (χ0) is 16.5. The highest BCUT2D eigenvalue weighted by Crippen LogP contribution is 2.20. The largest absolute Gasteiger partial charge is 0.349 e. The quantitative estimate of drug-likeness (QED) is 0.761. The third-order valence-corrected chi connectivity index (χ3v) is 4.22. The van der Waals surface area contributed by atoms with Gasteiger partial charge >= 0.3 is 0 Å². The van der Waals surface area contributed by atoms with E-state index in [2.05, 4.69) is 17.2 Å². The number of nitrogens with one attached hydrogen (secondary N) is 1. The topological polar surface area (TPSA) is 42.0 Å². The Labute approximate surface area is 143 Å². The van der Waals surface area contributed by atoms with E-state index in [9.17, 15) is 4.79 Å². The fourth-order valence-electron chi connectivity index (χ4n) is 2.53. The van der Waals surface area contributed by atoms with Crippen LogP contribution < -0.4 is 5.32 Å². The summed E-state index contributed by atoms with van der Waals surface area (Å²) in [5.74, 6) is 0.0508. The van der Waals surface area contributed by atoms with Crippen LogP contribution in [0.25, 0.3) is 0 Å². The molecule has 0 aliphatic rings. The van der Waals surface area contributed by atoms with Gasteiger partial charge in [0.1, 0.15) is 0 Å². The van der Waals surface area contributed by atoms with Crippen molar-refractivity contribution in [3.8, 4) is 0 Å². The summed E-state index contributed by atoms with van der Waals surface area (Å²) in [6.07, 6.45) is 7.77. The summed E-state index contributed by atoms with van der Waals surface area (Å²) in [6, 6.07) is 11.6. The molecule has 4 heteroatoms. The molecule has 122 valence electrons. The smallest absolute Gasteiger partial charge is 0.220 e. The van der Waals surface area contributed by atoms with Gasteiger partial charge in [0.25, 0.3) is 0 Å². The van der Waals surface area contributed by atoms with E-state index in [1.54, 1.807) is 6.20 Å². The van der Waals surface area contributed by atoms with Crippen LogP contribution in [0.1, 0.15) is 49.8 Å². The number of amides is 1. The fraction of sp³-hybridized carbons (Fsp3) is 0.368. The van der Waals surface area contributed by atoms with Crippen LogP contribution in [0.15, 0.2) is 48.8 Å². The number of carbonyl (C=O) groups excluding carboxylic acids is 1. The number of unbranched alkanes of at least 4 members (excludes halogenated alkanes) is 1. The first-order valence-electron chi connectivity index (χ1n) is 8.13. The van der Waals surface area contributed by atoms with Crippen LogP contribution in [0.2, 0.25) is 5.02 Å². The van der Waals surface area contributed by atoms with E-state index in [0.29, 0.717) is 12.8 Å². The minimum absolute atomic E-state index is 0.0300. The molecule has 1 heterocycles. The van der Waals surface area contributed by atoms with Crippen LogP contribution in [0, 0.1) is 0 Å². The molecule has 1 N–H and O–H groups in total. The highest BCUT2D eigenvalue weighted by atomic mass is 35.5. The van der Waals surface area contributed by atoms with Crippen molar-refractivity contribution in [3.05, 3.63) is 64.9 Å². The molecule has 0 bridgehead atoms. The third-order valence-electron chi connectivity index (χ3n) is 3.85. The summed E-state index contributed by atoms with van der Waals surface area (Å²) in [4.78, 5) is 16.5. The number of halogens is 1. The Kier molecular flexibility index (Phi) is 7.08. The van der Waals surface area contributed by atoms with Gasteiger partial charge in [0, 0.05) is 23.8 Å². The summed E-state index contributed by atoms with van der Waals surface area (Å²) < 4.78 is 0. The summed E-state index contributed by atoms with van der Waals surface area (Å²) in [7, 11) is 0. The maximum Gasteiger partial charge on any atom is 0.220 e. The van der Waals surface area contributed by atoms with Crippen LogP contribution in [0.3, 0.4) is 0 Å². The Morgan fingerprint density at radius 1 is 1.26 bits per heavy atom. The molecular formula is C19H23ClN2O. The van der Waals surface area contributed by atoms with Crippen molar-refractivity contribution in [1.29, 1.82) is 0 Å². The minimum atomic E-state index is 0.0300.